The molecular weight excluding hydrogens is 399 g/mol. The van der Waals surface area contributed by atoms with Crippen LogP contribution in [0.15, 0.2) is 47.6 Å². The van der Waals surface area contributed by atoms with Crippen LogP contribution in [0.1, 0.15) is 21.5 Å². The van der Waals surface area contributed by atoms with E-state index >= 15 is 0 Å². The third kappa shape index (κ3) is 7.98. The number of hydrogen-bond acceptors (Lipinski definition) is 4. The molecule has 1 aromatic heterocycles. The first-order valence-electron chi connectivity index (χ1n) is 9.20. The molecule has 0 aliphatic carbocycles. The zero-order chi connectivity index (χ0) is 22.0. The Morgan fingerprint density at radius 1 is 1.17 bits per heavy atom. The fraction of sp³-hybridized carbons (Fsp3) is 0.350. The highest BCUT2D eigenvalue weighted by molar-refractivity contribution is 5.94. The Morgan fingerprint density at radius 3 is 2.67 bits per heavy atom. The molecule has 0 saturated carbocycles. The van der Waals surface area contributed by atoms with E-state index in [1.165, 1.54) is 12.3 Å². The molecule has 1 heterocycles. The van der Waals surface area contributed by atoms with Crippen molar-refractivity contribution >= 4 is 11.9 Å². The third-order valence-corrected chi connectivity index (χ3v) is 3.99. The smallest absolute Gasteiger partial charge is 0.422 e. The largest absolute Gasteiger partial charge is 0.468 e. The molecule has 30 heavy (non-hydrogen) atoms. The average molecular weight is 423 g/mol. The number of benzene rings is 1. The number of carbonyl (C=O) groups is 1. The van der Waals surface area contributed by atoms with Gasteiger partial charge in [-0.1, -0.05) is 12.1 Å². The van der Waals surface area contributed by atoms with Gasteiger partial charge in [0.15, 0.2) is 12.6 Å². The zero-order valence-corrected chi connectivity index (χ0v) is 16.7. The minimum absolute atomic E-state index is 0.0921. The maximum absolute atomic E-state index is 12.3. The molecule has 2 rings (SSSR count). The number of aliphatic imine (C=N–C) groups is 1. The highest BCUT2D eigenvalue weighted by Crippen LogP contribution is 2.17. The van der Waals surface area contributed by atoms with Gasteiger partial charge in [-0.3, -0.25) is 9.79 Å². The topological polar surface area (TPSA) is 87.6 Å². The van der Waals surface area contributed by atoms with E-state index in [1.54, 1.807) is 26.2 Å². The molecule has 0 radical (unpaired) electrons. The van der Waals surface area contributed by atoms with E-state index < -0.39 is 12.8 Å². The summed E-state index contributed by atoms with van der Waals surface area (Å²) in [7, 11) is 3.20. The highest BCUT2D eigenvalue weighted by Gasteiger charge is 2.28. The predicted molar refractivity (Wildman–Crippen MR) is 108 cm³/mol. The molecule has 0 fully saturated rings. The van der Waals surface area contributed by atoms with Crippen molar-refractivity contribution in [3.8, 4) is 5.88 Å². The van der Waals surface area contributed by atoms with Gasteiger partial charge < -0.3 is 20.7 Å². The summed E-state index contributed by atoms with van der Waals surface area (Å²) in [5.74, 6) is 0.302. The van der Waals surface area contributed by atoms with Crippen molar-refractivity contribution in [3.63, 3.8) is 0 Å². The number of nitrogens with zero attached hydrogens (tertiary/aromatic N) is 2. The van der Waals surface area contributed by atoms with E-state index in [4.69, 9.17) is 0 Å². The van der Waals surface area contributed by atoms with Crippen molar-refractivity contribution in [2.75, 3.05) is 27.2 Å². The minimum Gasteiger partial charge on any atom is -0.468 e. The number of carbonyl (C=O) groups excluding carboxylic acids is 1. The van der Waals surface area contributed by atoms with Crippen LogP contribution < -0.4 is 20.7 Å². The maximum atomic E-state index is 12.3. The van der Waals surface area contributed by atoms with E-state index in [0.717, 1.165) is 5.56 Å². The number of amides is 1. The molecule has 0 bridgehead atoms. The molecule has 2 aromatic rings. The molecule has 0 saturated heterocycles. The van der Waals surface area contributed by atoms with E-state index in [-0.39, 0.29) is 11.8 Å². The molecular formula is C20H24F3N5O2. The number of nitrogens with one attached hydrogen (secondary N) is 3. The molecule has 1 aromatic carbocycles. The van der Waals surface area contributed by atoms with Gasteiger partial charge in [-0.2, -0.15) is 13.2 Å². The number of pyridine rings is 1. The second kappa shape index (κ2) is 11.0. The van der Waals surface area contributed by atoms with Crippen molar-refractivity contribution in [1.82, 2.24) is 20.9 Å². The Balaban J connectivity index is 1.82. The van der Waals surface area contributed by atoms with Gasteiger partial charge in [0.1, 0.15) is 0 Å². The SMILES string of the molecule is CN=C(NCCc1cccc(C(=O)NC)c1)NCc1ccnc(OCC(F)(F)F)c1. The summed E-state index contributed by atoms with van der Waals surface area (Å²) in [4.78, 5) is 19.6. The summed E-state index contributed by atoms with van der Waals surface area (Å²) in [6.45, 7) is -0.481. The minimum atomic E-state index is -4.41. The average Bonchev–Trinajstić information content (AvgIpc) is 2.74. The Bertz CT molecular complexity index is 872. The summed E-state index contributed by atoms with van der Waals surface area (Å²) >= 11 is 0. The van der Waals surface area contributed by atoms with Crippen LogP contribution in [0.25, 0.3) is 0 Å². The first-order valence-corrected chi connectivity index (χ1v) is 9.20. The summed E-state index contributed by atoms with van der Waals surface area (Å²) in [5, 5.41) is 8.82. The van der Waals surface area contributed by atoms with Crippen LogP contribution in [-0.4, -0.2) is 50.3 Å². The van der Waals surface area contributed by atoms with Crippen molar-refractivity contribution in [3.05, 3.63) is 59.3 Å². The molecule has 0 spiro atoms. The number of ether oxygens (including phenoxy) is 1. The lowest BCUT2D eigenvalue weighted by Gasteiger charge is -2.13. The third-order valence-electron chi connectivity index (χ3n) is 3.99. The van der Waals surface area contributed by atoms with Gasteiger partial charge in [0.25, 0.3) is 5.91 Å². The molecule has 10 heteroatoms. The fourth-order valence-corrected chi connectivity index (χ4v) is 2.54. The van der Waals surface area contributed by atoms with E-state index in [0.29, 0.717) is 36.6 Å². The monoisotopic (exact) mass is 423 g/mol. The predicted octanol–water partition coefficient (Wildman–Crippen LogP) is 2.29. The summed E-state index contributed by atoms with van der Waals surface area (Å²) in [5.41, 5.74) is 2.29. The van der Waals surface area contributed by atoms with E-state index in [9.17, 15) is 18.0 Å². The lowest BCUT2D eigenvalue weighted by molar-refractivity contribution is -0.154. The molecule has 0 aliphatic heterocycles. The zero-order valence-electron chi connectivity index (χ0n) is 16.7. The van der Waals surface area contributed by atoms with Gasteiger partial charge in [-0.15, -0.1) is 0 Å². The standard InChI is InChI=1S/C20H24F3N5O2/c1-24-18(29)16-5-3-4-14(10-16)6-9-27-19(25-2)28-12-15-7-8-26-17(11-15)30-13-20(21,22)23/h3-5,7-8,10-11H,6,9,12-13H2,1-2H3,(H,24,29)(H2,25,27,28). The Kier molecular flexibility index (Phi) is 8.45. The summed E-state index contributed by atoms with van der Waals surface area (Å²) in [6.07, 6.45) is -2.35. The van der Waals surface area contributed by atoms with Crippen molar-refractivity contribution < 1.29 is 22.7 Å². The second-order valence-electron chi connectivity index (χ2n) is 6.29. The van der Waals surface area contributed by atoms with Crippen LogP contribution in [-0.2, 0) is 13.0 Å². The lowest BCUT2D eigenvalue weighted by atomic mass is 10.1. The first kappa shape index (κ1) is 23.0. The van der Waals surface area contributed by atoms with Crippen LogP contribution in [0.2, 0.25) is 0 Å². The van der Waals surface area contributed by atoms with Gasteiger partial charge in [0.2, 0.25) is 5.88 Å². The van der Waals surface area contributed by atoms with Crippen molar-refractivity contribution in [2.24, 2.45) is 4.99 Å². The molecule has 3 N–H and O–H groups in total. The van der Waals surface area contributed by atoms with Gasteiger partial charge in [-0.05, 0) is 35.7 Å². The van der Waals surface area contributed by atoms with Crippen molar-refractivity contribution in [1.29, 1.82) is 0 Å². The van der Waals surface area contributed by atoms with Crippen molar-refractivity contribution in [2.45, 2.75) is 19.1 Å². The van der Waals surface area contributed by atoms with Crippen LogP contribution in [0, 0.1) is 0 Å². The summed E-state index contributed by atoms with van der Waals surface area (Å²) < 4.78 is 41.4. The molecule has 0 aliphatic rings. The molecule has 7 nitrogen and oxygen atoms in total. The number of hydrogen-bond donors (Lipinski definition) is 3. The molecule has 1 amide bonds. The van der Waals surface area contributed by atoms with E-state index in [2.05, 4.69) is 30.7 Å². The highest BCUT2D eigenvalue weighted by atomic mass is 19.4. The van der Waals surface area contributed by atoms with Crippen LogP contribution in [0.5, 0.6) is 5.88 Å². The number of aromatic nitrogens is 1. The van der Waals surface area contributed by atoms with Crippen LogP contribution in [0.4, 0.5) is 13.2 Å². The Hall–Kier alpha value is -3.30. The Morgan fingerprint density at radius 2 is 1.97 bits per heavy atom. The number of rotatable bonds is 8. The fourth-order valence-electron chi connectivity index (χ4n) is 2.54. The van der Waals surface area contributed by atoms with Gasteiger partial charge in [0, 0.05) is 45.0 Å². The molecule has 0 unspecified atom stereocenters. The normalized spacial score (nSPS) is 11.7. The Labute approximate surface area is 172 Å². The van der Waals surface area contributed by atoms with E-state index in [1.807, 2.05) is 18.2 Å². The number of alkyl halides is 3. The van der Waals surface area contributed by atoms with Gasteiger partial charge >= 0.3 is 6.18 Å². The number of guanidine groups is 1. The molecule has 162 valence electrons. The first-order chi connectivity index (χ1) is 14.3. The van der Waals surface area contributed by atoms with Crippen LogP contribution in [0.3, 0.4) is 0 Å². The summed E-state index contributed by atoms with van der Waals surface area (Å²) in [6, 6.07) is 10.5. The number of halogens is 3. The maximum Gasteiger partial charge on any atom is 0.422 e. The quantitative estimate of drug-likeness (QED) is 0.448. The second-order valence-corrected chi connectivity index (χ2v) is 6.29. The lowest BCUT2D eigenvalue weighted by Crippen LogP contribution is -2.37. The molecule has 0 atom stereocenters. The van der Waals surface area contributed by atoms with Gasteiger partial charge in [-0.25, -0.2) is 4.98 Å². The van der Waals surface area contributed by atoms with Gasteiger partial charge in [0.05, 0.1) is 0 Å². The van der Waals surface area contributed by atoms with Crippen LogP contribution >= 0.6 is 0 Å².